The van der Waals surface area contributed by atoms with Crippen LogP contribution < -0.4 is 0 Å². The molecule has 2 fully saturated rings. The Balaban J connectivity index is 1.87. The maximum atomic E-state index is 12.4. The van der Waals surface area contributed by atoms with E-state index in [9.17, 15) is 9.59 Å². The number of carbonyl (C=O) groups is 2. The molecule has 4 nitrogen and oxygen atoms in total. The molecule has 0 aromatic rings. The van der Waals surface area contributed by atoms with Gasteiger partial charge in [0.2, 0.25) is 0 Å². The molecule has 2 rings (SSSR count). The van der Waals surface area contributed by atoms with E-state index in [1.165, 1.54) is 12.8 Å². The molecule has 0 radical (unpaired) electrons. The number of esters is 2. The molecule has 4 heteroatoms. The van der Waals surface area contributed by atoms with E-state index in [1.54, 1.807) is 0 Å². The smallest absolute Gasteiger partial charge is 0.334 e. The third kappa shape index (κ3) is 5.32. The molecule has 0 aliphatic heterocycles. The second-order valence-corrected chi connectivity index (χ2v) is 7.84. The van der Waals surface area contributed by atoms with Gasteiger partial charge in [-0.05, 0) is 64.2 Å². The second kappa shape index (κ2) is 8.86. The summed E-state index contributed by atoms with van der Waals surface area (Å²) < 4.78 is 11.6. The molecule has 142 valence electrons. The highest BCUT2D eigenvalue weighted by atomic mass is 16.6. The Morgan fingerprint density at radius 2 is 1.24 bits per heavy atom. The fourth-order valence-electron chi connectivity index (χ4n) is 4.24. The standard InChI is InChI=1S/C21H34O4/c1-4-20(12-8-6-9-13-20)24-18(22)16-17(3)19(23)25-21(5-2)14-10-7-11-15-21/h3-16H2,1-2H3. The van der Waals surface area contributed by atoms with Crippen molar-refractivity contribution in [2.24, 2.45) is 0 Å². The summed E-state index contributed by atoms with van der Waals surface area (Å²) in [7, 11) is 0. The Hall–Kier alpha value is -1.32. The molecule has 0 aromatic carbocycles. The van der Waals surface area contributed by atoms with Gasteiger partial charge in [0, 0.05) is 5.57 Å². The van der Waals surface area contributed by atoms with Crippen LogP contribution in [0.4, 0.5) is 0 Å². The van der Waals surface area contributed by atoms with Crippen molar-refractivity contribution in [3.05, 3.63) is 12.2 Å². The Morgan fingerprint density at radius 3 is 1.68 bits per heavy atom. The third-order valence-corrected chi connectivity index (χ3v) is 6.10. The fraction of sp³-hybridized carbons (Fsp3) is 0.810. The van der Waals surface area contributed by atoms with Gasteiger partial charge >= 0.3 is 11.9 Å². The zero-order valence-electron chi connectivity index (χ0n) is 16.0. The molecule has 0 heterocycles. The maximum absolute atomic E-state index is 12.4. The van der Waals surface area contributed by atoms with Gasteiger partial charge < -0.3 is 9.47 Å². The molecule has 0 aromatic heterocycles. The first-order valence-electron chi connectivity index (χ1n) is 10.1. The zero-order valence-corrected chi connectivity index (χ0v) is 16.0. The van der Waals surface area contributed by atoms with Crippen molar-refractivity contribution in [3.63, 3.8) is 0 Å². The summed E-state index contributed by atoms with van der Waals surface area (Å²) in [5, 5.41) is 0. The molecule has 0 amide bonds. The first kappa shape index (κ1) is 20.0. The predicted octanol–water partition coefficient (Wildman–Crippen LogP) is 5.24. The highest BCUT2D eigenvalue weighted by molar-refractivity contribution is 5.93. The van der Waals surface area contributed by atoms with Crippen LogP contribution in [-0.2, 0) is 19.1 Å². The number of carbonyl (C=O) groups excluding carboxylic acids is 2. The van der Waals surface area contributed by atoms with E-state index in [1.807, 2.05) is 0 Å². The van der Waals surface area contributed by atoms with Crippen LogP contribution in [0.5, 0.6) is 0 Å². The molecule has 2 aliphatic carbocycles. The van der Waals surface area contributed by atoms with Gasteiger partial charge in [-0.25, -0.2) is 4.79 Å². The van der Waals surface area contributed by atoms with Crippen LogP contribution in [0, 0.1) is 0 Å². The van der Waals surface area contributed by atoms with E-state index in [-0.39, 0.29) is 29.2 Å². The number of ether oxygens (including phenoxy) is 2. The largest absolute Gasteiger partial charge is 0.459 e. The average molecular weight is 350 g/mol. The summed E-state index contributed by atoms with van der Waals surface area (Å²) in [5.74, 6) is -0.783. The minimum absolute atomic E-state index is 0.0691. The summed E-state index contributed by atoms with van der Waals surface area (Å²) in [6.45, 7) is 7.92. The molecule has 0 unspecified atom stereocenters. The van der Waals surface area contributed by atoms with Gasteiger partial charge in [0.05, 0.1) is 6.42 Å². The Kier molecular flexibility index (Phi) is 7.09. The summed E-state index contributed by atoms with van der Waals surface area (Å²) in [5.41, 5.74) is -0.491. The average Bonchev–Trinajstić information content (AvgIpc) is 2.63. The minimum Gasteiger partial charge on any atom is -0.459 e. The number of hydrogen-bond acceptors (Lipinski definition) is 4. The lowest BCUT2D eigenvalue weighted by atomic mass is 9.82. The van der Waals surface area contributed by atoms with Gasteiger partial charge in [-0.15, -0.1) is 0 Å². The van der Waals surface area contributed by atoms with Gasteiger partial charge in [0.25, 0.3) is 0 Å². The van der Waals surface area contributed by atoms with Gasteiger partial charge in [-0.1, -0.05) is 33.3 Å². The quantitative estimate of drug-likeness (QED) is 0.465. The molecule has 25 heavy (non-hydrogen) atoms. The predicted molar refractivity (Wildman–Crippen MR) is 98.2 cm³/mol. The molecule has 0 bridgehead atoms. The van der Waals surface area contributed by atoms with Crippen molar-refractivity contribution in [1.29, 1.82) is 0 Å². The lowest BCUT2D eigenvalue weighted by molar-refractivity contribution is -0.166. The first-order valence-corrected chi connectivity index (χ1v) is 10.1. The monoisotopic (exact) mass is 350 g/mol. The zero-order chi connectivity index (χ0) is 18.3. The summed E-state index contributed by atoms with van der Waals surface area (Å²) in [6.07, 6.45) is 12.0. The van der Waals surface area contributed by atoms with E-state index >= 15 is 0 Å². The SMILES string of the molecule is C=C(CC(=O)OC1(CC)CCCCC1)C(=O)OC1(CC)CCCCC1. The molecule has 0 spiro atoms. The van der Waals surface area contributed by atoms with E-state index < -0.39 is 5.97 Å². The molecule has 0 atom stereocenters. The van der Waals surface area contributed by atoms with E-state index in [0.717, 1.165) is 64.2 Å². The molecular weight excluding hydrogens is 316 g/mol. The highest BCUT2D eigenvalue weighted by Gasteiger charge is 2.36. The normalized spacial score (nSPS) is 22.0. The molecule has 0 saturated heterocycles. The molecule has 2 aliphatic rings. The molecular formula is C21H34O4. The van der Waals surface area contributed by atoms with Crippen LogP contribution in [0.25, 0.3) is 0 Å². The van der Waals surface area contributed by atoms with Crippen molar-refractivity contribution in [1.82, 2.24) is 0 Å². The van der Waals surface area contributed by atoms with Crippen molar-refractivity contribution in [3.8, 4) is 0 Å². The van der Waals surface area contributed by atoms with Gasteiger partial charge in [-0.2, -0.15) is 0 Å². The van der Waals surface area contributed by atoms with Crippen LogP contribution in [0.3, 0.4) is 0 Å². The topological polar surface area (TPSA) is 52.6 Å². The van der Waals surface area contributed by atoms with Crippen molar-refractivity contribution in [2.75, 3.05) is 0 Å². The lowest BCUT2D eigenvalue weighted by Gasteiger charge is -2.37. The van der Waals surface area contributed by atoms with Crippen molar-refractivity contribution >= 4 is 11.9 Å². The highest BCUT2D eigenvalue weighted by Crippen LogP contribution is 2.36. The van der Waals surface area contributed by atoms with Crippen LogP contribution in [0.1, 0.15) is 97.3 Å². The van der Waals surface area contributed by atoms with Gasteiger partial charge in [0.1, 0.15) is 11.2 Å². The summed E-state index contributed by atoms with van der Waals surface area (Å²) in [4.78, 5) is 24.8. The van der Waals surface area contributed by atoms with E-state index in [4.69, 9.17) is 9.47 Å². The molecule has 0 N–H and O–H groups in total. The maximum Gasteiger partial charge on any atom is 0.334 e. The number of hydrogen-bond donors (Lipinski definition) is 0. The van der Waals surface area contributed by atoms with Crippen LogP contribution in [0.2, 0.25) is 0 Å². The first-order chi connectivity index (χ1) is 11.9. The van der Waals surface area contributed by atoms with Crippen LogP contribution >= 0.6 is 0 Å². The van der Waals surface area contributed by atoms with E-state index in [2.05, 4.69) is 20.4 Å². The molecule has 2 saturated carbocycles. The Bertz CT molecular complexity index is 482. The Morgan fingerprint density at radius 1 is 0.800 bits per heavy atom. The van der Waals surface area contributed by atoms with Crippen molar-refractivity contribution in [2.45, 2.75) is 109 Å². The number of rotatable bonds is 7. The van der Waals surface area contributed by atoms with Crippen LogP contribution in [-0.4, -0.2) is 23.1 Å². The van der Waals surface area contributed by atoms with Crippen molar-refractivity contribution < 1.29 is 19.1 Å². The van der Waals surface area contributed by atoms with Gasteiger partial charge in [0.15, 0.2) is 0 Å². The van der Waals surface area contributed by atoms with E-state index in [0.29, 0.717) is 0 Å². The Labute approximate surface area is 152 Å². The minimum atomic E-state index is -0.435. The summed E-state index contributed by atoms with van der Waals surface area (Å²) in [6, 6.07) is 0. The lowest BCUT2D eigenvalue weighted by Crippen LogP contribution is -2.38. The van der Waals surface area contributed by atoms with Crippen LogP contribution in [0.15, 0.2) is 12.2 Å². The second-order valence-electron chi connectivity index (χ2n) is 7.84. The fourth-order valence-corrected chi connectivity index (χ4v) is 4.24. The summed E-state index contributed by atoms with van der Waals surface area (Å²) >= 11 is 0. The third-order valence-electron chi connectivity index (χ3n) is 6.10. The van der Waals surface area contributed by atoms with Gasteiger partial charge in [-0.3, -0.25) is 4.79 Å².